The van der Waals surface area contributed by atoms with Gasteiger partial charge in [0, 0.05) is 0 Å². The molecule has 102 valence electrons. The zero-order valence-corrected chi connectivity index (χ0v) is 11.3. The Hall–Kier alpha value is -1.55. The molecule has 1 saturated carbocycles. The van der Waals surface area contributed by atoms with E-state index in [1.165, 1.54) is 7.11 Å². The Morgan fingerprint density at radius 1 is 1.26 bits per heavy atom. The van der Waals surface area contributed by atoms with Crippen LogP contribution in [0.4, 0.5) is 0 Å². The number of carbonyl (C=O) groups is 1. The van der Waals surface area contributed by atoms with Gasteiger partial charge in [0.1, 0.15) is 5.75 Å². The van der Waals surface area contributed by atoms with Gasteiger partial charge in [-0.1, -0.05) is 12.1 Å². The summed E-state index contributed by atoms with van der Waals surface area (Å²) in [6.45, 7) is 1.16. The molecule has 1 heterocycles. The monoisotopic (exact) mass is 262 g/mol. The number of esters is 1. The maximum Gasteiger partial charge on any atom is 0.312 e. The van der Waals surface area contributed by atoms with Crippen LogP contribution in [0.25, 0.3) is 0 Å². The van der Waals surface area contributed by atoms with Gasteiger partial charge in [-0.05, 0) is 30.5 Å². The van der Waals surface area contributed by atoms with Gasteiger partial charge >= 0.3 is 5.97 Å². The summed E-state index contributed by atoms with van der Waals surface area (Å²) in [5.74, 6) is 0.697. The standard InChI is InChI=1S/C15H18O4/c1-17-12-5-3-4-11(8-12)15(9-19-10-15)14(6-7-14)13(16)18-2/h3-5,8H,6-7,9-10H2,1-2H3. The zero-order valence-electron chi connectivity index (χ0n) is 11.3. The summed E-state index contributed by atoms with van der Waals surface area (Å²) in [5.41, 5.74) is 0.474. The molecule has 1 aliphatic heterocycles. The summed E-state index contributed by atoms with van der Waals surface area (Å²) < 4.78 is 15.7. The van der Waals surface area contributed by atoms with E-state index in [9.17, 15) is 4.79 Å². The SMILES string of the molecule is COC(=O)C1(C2(c3cccc(OC)c3)COC2)CC1. The lowest BCUT2D eigenvalue weighted by Gasteiger charge is -2.47. The normalized spacial score (nSPS) is 22.2. The van der Waals surface area contributed by atoms with Crippen LogP contribution in [0.15, 0.2) is 24.3 Å². The molecule has 4 nitrogen and oxygen atoms in total. The lowest BCUT2D eigenvalue weighted by molar-refractivity contribution is -0.164. The van der Waals surface area contributed by atoms with Gasteiger partial charge in [0.15, 0.2) is 0 Å². The molecule has 2 aliphatic rings. The van der Waals surface area contributed by atoms with E-state index in [4.69, 9.17) is 14.2 Å². The quantitative estimate of drug-likeness (QED) is 0.778. The first-order valence-corrected chi connectivity index (χ1v) is 6.49. The molecule has 1 aromatic rings. The number of hydrogen-bond acceptors (Lipinski definition) is 4. The maximum absolute atomic E-state index is 12.2. The van der Waals surface area contributed by atoms with Crippen LogP contribution in [0.5, 0.6) is 5.75 Å². The Morgan fingerprint density at radius 3 is 2.47 bits per heavy atom. The highest BCUT2D eigenvalue weighted by Gasteiger charge is 2.68. The molecule has 2 fully saturated rings. The molecule has 1 saturated heterocycles. The van der Waals surface area contributed by atoms with Gasteiger partial charge < -0.3 is 14.2 Å². The van der Waals surface area contributed by atoms with Gasteiger partial charge in [-0.3, -0.25) is 4.79 Å². The molecule has 0 atom stereocenters. The summed E-state index contributed by atoms with van der Waals surface area (Å²) in [7, 11) is 3.11. The van der Waals surface area contributed by atoms with Crippen molar-refractivity contribution in [2.45, 2.75) is 18.3 Å². The fourth-order valence-corrected chi connectivity index (χ4v) is 3.14. The van der Waals surface area contributed by atoms with Crippen molar-refractivity contribution in [2.24, 2.45) is 5.41 Å². The number of carbonyl (C=O) groups excluding carboxylic acids is 1. The fourth-order valence-electron chi connectivity index (χ4n) is 3.14. The van der Waals surface area contributed by atoms with Crippen LogP contribution in [0.2, 0.25) is 0 Å². The minimum absolute atomic E-state index is 0.112. The predicted octanol–water partition coefficient (Wildman–Crippen LogP) is 1.92. The molecule has 0 bridgehead atoms. The summed E-state index contributed by atoms with van der Waals surface area (Å²) in [6, 6.07) is 7.93. The van der Waals surface area contributed by atoms with Gasteiger partial charge in [0.2, 0.25) is 0 Å². The molecule has 0 N–H and O–H groups in total. The molecular formula is C15H18O4. The van der Waals surface area contributed by atoms with E-state index in [0.717, 1.165) is 24.2 Å². The van der Waals surface area contributed by atoms with E-state index < -0.39 is 5.41 Å². The highest BCUT2D eigenvalue weighted by atomic mass is 16.5. The Kier molecular flexibility index (Phi) is 2.78. The molecule has 19 heavy (non-hydrogen) atoms. The first-order valence-electron chi connectivity index (χ1n) is 6.49. The van der Waals surface area contributed by atoms with E-state index in [1.807, 2.05) is 24.3 Å². The molecule has 4 heteroatoms. The lowest BCUT2D eigenvalue weighted by Crippen LogP contribution is -2.56. The van der Waals surface area contributed by atoms with Crippen LogP contribution in [0.1, 0.15) is 18.4 Å². The van der Waals surface area contributed by atoms with Crippen molar-refractivity contribution in [3.05, 3.63) is 29.8 Å². The van der Waals surface area contributed by atoms with Crippen LogP contribution in [0, 0.1) is 5.41 Å². The Bertz CT molecular complexity index is 501. The zero-order chi connectivity index (χ0) is 13.5. The van der Waals surface area contributed by atoms with E-state index in [0.29, 0.717) is 13.2 Å². The molecule has 0 amide bonds. The maximum atomic E-state index is 12.2. The average molecular weight is 262 g/mol. The van der Waals surface area contributed by atoms with Crippen LogP contribution in [-0.4, -0.2) is 33.4 Å². The topological polar surface area (TPSA) is 44.8 Å². The van der Waals surface area contributed by atoms with Crippen molar-refractivity contribution in [1.82, 2.24) is 0 Å². The summed E-state index contributed by atoms with van der Waals surface area (Å²) in [4.78, 5) is 12.2. The third-order valence-electron chi connectivity index (χ3n) is 4.56. The molecule has 3 rings (SSSR count). The molecule has 1 aliphatic carbocycles. The number of hydrogen-bond donors (Lipinski definition) is 0. The third-order valence-corrected chi connectivity index (χ3v) is 4.56. The van der Waals surface area contributed by atoms with E-state index in [1.54, 1.807) is 7.11 Å². The minimum atomic E-state index is -0.396. The smallest absolute Gasteiger partial charge is 0.312 e. The van der Waals surface area contributed by atoms with Crippen LogP contribution >= 0.6 is 0 Å². The van der Waals surface area contributed by atoms with Gasteiger partial charge in [0.25, 0.3) is 0 Å². The van der Waals surface area contributed by atoms with Crippen molar-refractivity contribution in [1.29, 1.82) is 0 Å². The number of methoxy groups -OCH3 is 2. The van der Waals surface area contributed by atoms with Gasteiger partial charge in [-0.2, -0.15) is 0 Å². The lowest BCUT2D eigenvalue weighted by atomic mass is 9.66. The van der Waals surface area contributed by atoms with E-state index >= 15 is 0 Å². The number of ether oxygens (including phenoxy) is 3. The van der Waals surface area contributed by atoms with Crippen LogP contribution in [-0.2, 0) is 19.7 Å². The van der Waals surface area contributed by atoms with Gasteiger partial charge in [-0.15, -0.1) is 0 Å². The minimum Gasteiger partial charge on any atom is -0.497 e. The summed E-state index contributed by atoms with van der Waals surface area (Å²) in [6.07, 6.45) is 1.75. The van der Waals surface area contributed by atoms with Crippen LogP contribution < -0.4 is 4.74 Å². The molecular weight excluding hydrogens is 244 g/mol. The average Bonchev–Trinajstić information content (AvgIpc) is 3.19. The largest absolute Gasteiger partial charge is 0.497 e. The Balaban J connectivity index is 2.02. The third kappa shape index (κ3) is 1.59. The predicted molar refractivity (Wildman–Crippen MR) is 69.2 cm³/mol. The summed E-state index contributed by atoms with van der Waals surface area (Å²) >= 11 is 0. The fraction of sp³-hybridized carbons (Fsp3) is 0.533. The van der Waals surface area contributed by atoms with E-state index in [-0.39, 0.29) is 11.4 Å². The number of benzene rings is 1. The Morgan fingerprint density at radius 2 is 2.00 bits per heavy atom. The van der Waals surface area contributed by atoms with Crippen LogP contribution in [0.3, 0.4) is 0 Å². The number of rotatable bonds is 4. The second kappa shape index (κ2) is 4.23. The first kappa shape index (κ1) is 12.5. The molecule has 0 radical (unpaired) electrons. The molecule has 1 aromatic carbocycles. The van der Waals surface area contributed by atoms with E-state index in [2.05, 4.69) is 0 Å². The molecule has 0 unspecified atom stereocenters. The summed E-state index contributed by atoms with van der Waals surface area (Å²) in [5, 5.41) is 0. The highest BCUT2D eigenvalue weighted by molar-refractivity contribution is 5.83. The van der Waals surface area contributed by atoms with Gasteiger partial charge in [-0.25, -0.2) is 0 Å². The highest BCUT2D eigenvalue weighted by Crippen LogP contribution is 2.63. The second-order valence-corrected chi connectivity index (χ2v) is 5.38. The van der Waals surface area contributed by atoms with Crippen molar-refractivity contribution >= 4 is 5.97 Å². The molecule has 0 aromatic heterocycles. The van der Waals surface area contributed by atoms with Gasteiger partial charge in [0.05, 0.1) is 38.3 Å². The Labute approximate surface area is 112 Å². The first-order chi connectivity index (χ1) is 9.18. The van der Waals surface area contributed by atoms with Crippen molar-refractivity contribution in [2.75, 3.05) is 27.4 Å². The van der Waals surface area contributed by atoms with Crippen molar-refractivity contribution in [3.8, 4) is 5.75 Å². The molecule has 0 spiro atoms. The van der Waals surface area contributed by atoms with Crippen molar-refractivity contribution < 1.29 is 19.0 Å². The second-order valence-electron chi connectivity index (χ2n) is 5.38. The van der Waals surface area contributed by atoms with Crippen molar-refractivity contribution in [3.63, 3.8) is 0 Å².